The predicted octanol–water partition coefficient (Wildman–Crippen LogP) is -0.805. The monoisotopic (exact) mass is 197 g/mol. The van der Waals surface area contributed by atoms with Crippen LogP contribution in [0.15, 0.2) is 0 Å². The van der Waals surface area contributed by atoms with Crippen LogP contribution in [0.25, 0.3) is 0 Å². The molecular weight excluding hydrogens is 182 g/mol. The second-order valence-electron chi connectivity index (χ2n) is 3.89. The van der Waals surface area contributed by atoms with Crippen molar-refractivity contribution < 1.29 is 5.11 Å². The average Bonchev–Trinajstić information content (AvgIpc) is 2.73. The summed E-state index contributed by atoms with van der Waals surface area (Å²) in [4.78, 5) is 3.57. The third-order valence-electron chi connectivity index (χ3n) is 2.66. The van der Waals surface area contributed by atoms with Crippen LogP contribution in [0.4, 0.5) is 0 Å². The van der Waals surface area contributed by atoms with Crippen LogP contribution >= 0.6 is 0 Å². The Morgan fingerprint density at radius 3 is 2.79 bits per heavy atom. The summed E-state index contributed by atoms with van der Waals surface area (Å²) < 4.78 is 0. The van der Waals surface area contributed by atoms with Gasteiger partial charge in [-0.1, -0.05) is 0 Å². The first kappa shape index (κ1) is 9.54. The zero-order valence-corrected chi connectivity index (χ0v) is 8.46. The number of aliphatic hydroxyl groups is 1. The van der Waals surface area contributed by atoms with Gasteiger partial charge in [0.2, 0.25) is 5.82 Å². The van der Waals surface area contributed by atoms with Gasteiger partial charge in [0.05, 0.1) is 7.05 Å². The Kier molecular flexibility index (Phi) is 2.47. The Morgan fingerprint density at radius 1 is 1.50 bits per heavy atom. The maximum absolute atomic E-state index is 9.95. The maximum Gasteiger partial charge on any atom is 0.203 e. The highest BCUT2D eigenvalue weighted by Gasteiger charge is 2.29. The molecule has 6 nitrogen and oxygen atoms in total. The molecule has 1 aliphatic heterocycles. The number of tetrazole rings is 1. The summed E-state index contributed by atoms with van der Waals surface area (Å²) in [6, 6.07) is 0. The lowest BCUT2D eigenvalue weighted by Crippen LogP contribution is -2.19. The number of hydrogen-bond acceptors (Lipinski definition) is 5. The molecule has 1 aliphatic rings. The summed E-state index contributed by atoms with van der Waals surface area (Å²) in [6.07, 6.45) is 0.421. The molecule has 0 spiro atoms. The second kappa shape index (κ2) is 3.62. The van der Waals surface area contributed by atoms with Crippen LogP contribution in [0.3, 0.4) is 0 Å². The lowest BCUT2D eigenvalue weighted by molar-refractivity contribution is 0.104. The number of nitrogens with zero attached hydrogens (tertiary/aromatic N) is 5. The molecule has 2 atom stereocenters. The van der Waals surface area contributed by atoms with Gasteiger partial charge in [0.1, 0.15) is 6.10 Å². The minimum atomic E-state index is -0.575. The van der Waals surface area contributed by atoms with E-state index >= 15 is 0 Å². The van der Waals surface area contributed by atoms with Gasteiger partial charge in [-0.05, 0) is 25.2 Å². The first-order valence-electron chi connectivity index (χ1n) is 4.77. The zero-order valence-electron chi connectivity index (χ0n) is 8.46. The van der Waals surface area contributed by atoms with Crippen molar-refractivity contribution in [1.29, 1.82) is 0 Å². The number of aliphatic hydroxyl groups excluding tert-OH is 1. The van der Waals surface area contributed by atoms with Gasteiger partial charge >= 0.3 is 0 Å². The molecule has 0 bridgehead atoms. The fourth-order valence-corrected chi connectivity index (χ4v) is 1.85. The number of aromatic nitrogens is 4. The van der Waals surface area contributed by atoms with Gasteiger partial charge in [-0.15, -0.1) is 10.2 Å². The Balaban J connectivity index is 2.05. The number of likely N-dealkylation sites (tertiary alicyclic amines) is 1. The quantitative estimate of drug-likeness (QED) is 0.672. The van der Waals surface area contributed by atoms with E-state index in [1.54, 1.807) is 7.05 Å². The van der Waals surface area contributed by atoms with Crippen molar-refractivity contribution >= 4 is 0 Å². The lowest BCUT2D eigenvalue weighted by atomic mass is 10.0. The molecule has 2 heterocycles. The summed E-state index contributed by atoms with van der Waals surface area (Å²) in [5.74, 6) is 0.678. The van der Waals surface area contributed by atoms with E-state index in [9.17, 15) is 5.11 Å². The number of hydrogen-bond donors (Lipinski definition) is 1. The maximum atomic E-state index is 9.95. The SMILES string of the molecule is CN1CCC(C(O)c2nnn(C)n2)C1. The highest BCUT2D eigenvalue weighted by Crippen LogP contribution is 2.26. The van der Waals surface area contributed by atoms with Crippen LogP contribution in [0, 0.1) is 5.92 Å². The van der Waals surface area contributed by atoms with E-state index in [2.05, 4.69) is 27.4 Å². The Hall–Kier alpha value is -1.01. The average molecular weight is 197 g/mol. The molecule has 0 aliphatic carbocycles. The van der Waals surface area contributed by atoms with Crippen molar-refractivity contribution in [3.63, 3.8) is 0 Å². The summed E-state index contributed by atoms with van der Waals surface area (Å²) in [6.45, 7) is 1.93. The molecule has 1 aromatic rings. The summed E-state index contributed by atoms with van der Waals surface area (Å²) in [7, 11) is 3.75. The molecule has 0 amide bonds. The third kappa shape index (κ3) is 1.76. The van der Waals surface area contributed by atoms with Crippen LogP contribution < -0.4 is 0 Å². The lowest BCUT2D eigenvalue weighted by Gasteiger charge is -2.14. The van der Waals surface area contributed by atoms with E-state index in [4.69, 9.17) is 0 Å². The first-order valence-corrected chi connectivity index (χ1v) is 4.77. The van der Waals surface area contributed by atoms with Crippen LogP contribution in [0.2, 0.25) is 0 Å². The van der Waals surface area contributed by atoms with Gasteiger partial charge in [-0.2, -0.15) is 4.80 Å². The molecule has 0 radical (unpaired) electrons. The van der Waals surface area contributed by atoms with Gasteiger partial charge in [-0.3, -0.25) is 0 Å². The molecular formula is C8H15N5O. The van der Waals surface area contributed by atoms with E-state index in [0.717, 1.165) is 19.5 Å². The van der Waals surface area contributed by atoms with Gasteiger partial charge in [-0.25, -0.2) is 0 Å². The predicted molar refractivity (Wildman–Crippen MR) is 49.4 cm³/mol. The van der Waals surface area contributed by atoms with Crippen molar-refractivity contribution in [2.45, 2.75) is 12.5 Å². The molecule has 6 heteroatoms. The van der Waals surface area contributed by atoms with E-state index < -0.39 is 6.10 Å². The minimum absolute atomic E-state index is 0.240. The van der Waals surface area contributed by atoms with Crippen molar-refractivity contribution in [3.8, 4) is 0 Å². The minimum Gasteiger partial charge on any atom is -0.385 e. The van der Waals surface area contributed by atoms with Crippen molar-refractivity contribution in [1.82, 2.24) is 25.1 Å². The highest BCUT2D eigenvalue weighted by atomic mass is 16.3. The molecule has 0 aromatic carbocycles. The Labute approximate surface area is 82.5 Å². The van der Waals surface area contributed by atoms with E-state index in [-0.39, 0.29) is 5.92 Å². The van der Waals surface area contributed by atoms with E-state index in [1.165, 1.54) is 4.80 Å². The zero-order chi connectivity index (χ0) is 10.1. The van der Waals surface area contributed by atoms with Crippen molar-refractivity contribution in [3.05, 3.63) is 5.82 Å². The number of rotatable bonds is 2. The second-order valence-corrected chi connectivity index (χ2v) is 3.89. The van der Waals surface area contributed by atoms with Gasteiger partial charge in [0.25, 0.3) is 0 Å². The van der Waals surface area contributed by atoms with E-state index in [1.807, 2.05) is 0 Å². The largest absolute Gasteiger partial charge is 0.385 e. The van der Waals surface area contributed by atoms with Crippen LogP contribution in [0.5, 0.6) is 0 Å². The molecule has 14 heavy (non-hydrogen) atoms. The van der Waals surface area contributed by atoms with E-state index in [0.29, 0.717) is 5.82 Å². The van der Waals surface area contributed by atoms with Crippen LogP contribution in [-0.4, -0.2) is 50.4 Å². The standard InChI is InChI=1S/C8H15N5O/c1-12-4-3-6(5-12)7(14)8-9-11-13(2)10-8/h6-7,14H,3-5H2,1-2H3. The Morgan fingerprint density at radius 2 is 2.29 bits per heavy atom. The van der Waals surface area contributed by atoms with Crippen LogP contribution in [0.1, 0.15) is 18.3 Å². The first-order chi connectivity index (χ1) is 6.66. The van der Waals surface area contributed by atoms with Gasteiger partial charge in [0, 0.05) is 12.5 Å². The highest BCUT2D eigenvalue weighted by molar-refractivity contribution is 4.91. The third-order valence-corrected chi connectivity index (χ3v) is 2.66. The topological polar surface area (TPSA) is 67.1 Å². The molecule has 0 saturated carbocycles. The van der Waals surface area contributed by atoms with Gasteiger partial charge < -0.3 is 10.0 Å². The van der Waals surface area contributed by atoms with Crippen molar-refractivity contribution in [2.75, 3.05) is 20.1 Å². The fraction of sp³-hybridized carbons (Fsp3) is 0.875. The molecule has 1 fully saturated rings. The van der Waals surface area contributed by atoms with Crippen LogP contribution in [-0.2, 0) is 7.05 Å². The summed E-state index contributed by atoms with van der Waals surface area (Å²) in [5, 5.41) is 21.5. The fourth-order valence-electron chi connectivity index (χ4n) is 1.85. The molecule has 1 N–H and O–H groups in total. The smallest absolute Gasteiger partial charge is 0.203 e. The Bertz CT molecular complexity index is 312. The van der Waals surface area contributed by atoms with Crippen molar-refractivity contribution in [2.24, 2.45) is 13.0 Å². The summed E-state index contributed by atoms with van der Waals surface area (Å²) >= 11 is 0. The molecule has 2 rings (SSSR count). The summed E-state index contributed by atoms with van der Waals surface area (Å²) in [5.41, 5.74) is 0. The molecule has 1 saturated heterocycles. The number of aryl methyl sites for hydroxylation is 1. The normalized spacial score (nSPS) is 25.5. The molecule has 78 valence electrons. The molecule has 1 aromatic heterocycles. The molecule has 2 unspecified atom stereocenters. The van der Waals surface area contributed by atoms with Gasteiger partial charge in [0.15, 0.2) is 0 Å².